The highest BCUT2D eigenvalue weighted by Crippen LogP contribution is 2.28. The van der Waals surface area contributed by atoms with Crippen molar-refractivity contribution in [3.63, 3.8) is 0 Å². The lowest BCUT2D eigenvalue weighted by molar-refractivity contribution is 0.0661. The van der Waals surface area contributed by atoms with Crippen molar-refractivity contribution in [2.45, 2.75) is 4.90 Å². The summed E-state index contributed by atoms with van der Waals surface area (Å²) >= 11 is 2.94. The fraction of sp³-hybridized carbons (Fsp3) is 0.444. The zero-order valence-electron chi connectivity index (χ0n) is 9.22. The van der Waals surface area contributed by atoms with Gasteiger partial charge < -0.3 is 14.8 Å². The van der Waals surface area contributed by atoms with E-state index in [2.05, 4.69) is 21.2 Å². The second-order valence-corrected chi connectivity index (χ2v) is 6.33. The molecule has 2 heterocycles. The lowest BCUT2D eigenvalue weighted by Crippen LogP contribution is -2.46. The van der Waals surface area contributed by atoms with Crippen molar-refractivity contribution in [1.29, 1.82) is 0 Å². The maximum atomic E-state index is 12.3. The Kier molecular flexibility index (Phi) is 3.76. The van der Waals surface area contributed by atoms with Crippen LogP contribution in [0.1, 0.15) is 10.6 Å². The van der Waals surface area contributed by atoms with Gasteiger partial charge in [-0.15, -0.1) is 0 Å². The highest BCUT2D eigenvalue weighted by molar-refractivity contribution is 9.10. The molecule has 1 fully saturated rings. The number of nitrogens with zero attached hydrogens (tertiary/aromatic N) is 1. The van der Waals surface area contributed by atoms with Gasteiger partial charge in [-0.3, -0.25) is 0 Å². The number of aromatic carboxylic acids is 1. The van der Waals surface area contributed by atoms with Crippen LogP contribution < -0.4 is 5.32 Å². The summed E-state index contributed by atoms with van der Waals surface area (Å²) in [5.41, 5.74) is 0. The number of carboxylic acids is 1. The first-order valence-corrected chi connectivity index (χ1v) is 7.39. The van der Waals surface area contributed by atoms with Crippen LogP contribution in [0.15, 0.2) is 20.0 Å². The number of rotatable bonds is 3. The predicted molar refractivity (Wildman–Crippen MR) is 65.0 cm³/mol. The summed E-state index contributed by atoms with van der Waals surface area (Å²) in [7, 11) is -3.72. The third-order valence-corrected chi connectivity index (χ3v) is 5.32. The fourth-order valence-corrected chi connectivity index (χ4v) is 4.00. The largest absolute Gasteiger partial charge is 0.475 e. The van der Waals surface area contributed by atoms with Crippen LogP contribution in [0.5, 0.6) is 0 Å². The molecule has 0 spiro atoms. The lowest BCUT2D eigenvalue weighted by Gasteiger charge is -2.26. The lowest BCUT2D eigenvalue weighted by atomic mass is 10.4. The second-order valence-electron chi connectivity index (χ2n) is 3.71. The van der Waals surface area contributed by atoms with Crippen molar-refractivity contribution in [1.82, 2.24) is 9.62 Å². The van der Waals surface area contributed by atoms with Crippen LogP contribution in [0.25, 0.3) is 0 Å². The van der Waals surface area contributed by atoms with Gasteiger partial charge in [0.25, 0.3) is 0 Å². The number of hydrogen-bond donors (Lipinski definition) is 2. The Balaban J connectivity index is 2.37. The average Bonchev–Trinajstić information content (AvgIpc) is 2.73. The molecule has 0 aliphatic carbocycles. The first-order chi connectivity index (χ1) is 8.43. The fourth-order valence-electron chi connectivity index (χ4n) is 1.66. The van der Waals surface area contributed by atoms with E-state index in [0.717, 1.165) is 6.07 Å². The molecule has 0 atom stereocenters. The van der Waals surface area contributed by atoms with E-state index in [1.54, 1.807) is 0 Å². The molecule has 2 rings (SSSR count). The number of furan rings is 1. The zero-order chi connectivity index (χ0) is 13.3. The highest BCUT2D eigenvalue weighted by Gasteiger charge is 2.31. The quantitative estimate of drug-likeness (QED) is 0.824. The number of carbonyl (C=O) groups is 1. The molecule has 100 valence electrons. The number of piperazine rings is 1. The third kappa shape index (κ3) is 2.44. The number of carboxylic acid groups (broad SMARTS) is 1. The van der Waals surface area contributed by atoms with E-state index in [9.17, 15) is 13.2 Å². The van der Waals surface area contributed by atoms with Gasteiger partial charge in [0, 0.05) is 32.2 Å². The topological polar surface area (TPSA) is 99.8 Å². The molecule has 1 aliphatic heterocycles. The Hall–Kier alpha value is -0.900. The third-order valence-electron chi connectivity index (χ3n) is 2.56. The Morgan fingerprint density at radius 2 is 2.06 bits per heavy atom. The van der Waals surface area contributed by atoms with Crippen LogP contribution >= 0.6 is 15.9 Å². The Labute approximate surface area is 112 Å². The van der Waals surface area contributed by atoms with E-state index < -0.39 is 21.8 Å². The minimum atomic E-state index is -3.72. The van der Waals surface area contributed by atoms with Gasteiger partial charge >= 0.3 is 5.97 Å². The smallest absolute Gasteiger partial charge is 0.371 e. The van der Waals surface area contributed by atoms with Gasteiger partial charge in [-0.05, 0) is 15.9 Å². The number of hydrogen-bond acceptors (Lipinski definition) is 5. The van der Waals surface area contributed by atoms with E-state index in [-0.39, 0.29) is 9.56 Å². The first-order valence-electron chi connectivity index (χ1n) is 5.16. The van der Waals surface area contributed by atoms with Crippen LogP contribution in [-0.4, -0.2) is 50.0 Å². The molecule has 1 aromatic rings. The maximum absolute atomic E-state index is 12.3. The molecule has 7 nitrogen and oxygen atoms in total. The summed E-state index contributed by atoms with van der Waals surface area (Å²) < 4.78 is 30.6. The van der Waals surface area contributed by atoms with Crippen molar-refractivity contribution in [2.24, 2.45) is 0 Å². The van der Waals surface area contributed by atoms with Gasteiger partial charge in [0.1, 0.15) is 4.90 Å². The van der Waals surface area contributed by atoms with Gasteiger partial charge in [0.05, 0.1) is 0 Å². The van der Waals surface area contributed by atoms with Crippen molar-refractivity contribution >= 4 is 31.9 Å². The molecule has 0 saturated carbocycles. The molecule has 0 bridgehead atoms. The Morgan fingerprint density at radius 1 is 1.44 bits per heavy atom. The Bertz CT molecular complexity index is 562. The van der Waals surface area contributed by atoms with Crippen LogP contribution in [0.3, 0.4) is 0 Å². The molecule has 18 heavy (non-hydrogen) atoms. The van der Waals surface area contributed by atoms with Crippen LogP contribution in [0.4, 0.5) is 0 Å². The molecule has 0 unspecified atom stereocenters. The molecule has 1 aromatic heterocycles. The first kappa shape index (κ1) is 13.5. The van der Waals surface area contributed by atoms with Gasteiger partial charge in [-0.1, -0.05) is 0 Å². The van der Waals surface area contributed by atoms with Gasteiger partial charge in [0.2, 0.25) is 15.8 Å². The monoisotopic (exact) mass is 338 g/mol. The summed E-state index contributed by atoms with van der Waals surface area (Å²) in [5.74, 6) is -1.71. The average molecular weight is 339 g/mol. The van der Waals surface area contributed by atoms with Gasteiger partial charge in [0.15, 0.2) is 4.67 Å². The van der Waals surface area contributed by atoms with Gasteiger partial charge in [-0.2, -0.15) is 4.31 Å². The van der Waals surface area contributed by atoms with Crippen molar-refractivity contribution in [3.8, 4) is 0 Å². The van der Waals surface area contributed by atoms with E-state index >= 15 is 0 Å². The minimum absolute atomic E-state index is 0.0848. The van der Waals surface area contributed by atoms with Crippen LogP contribution in [0.2, 0.25) is 0 Å². The standard InChI is InChI=1S/C9H11BrN2O5S/c10-8-7(5-6(17-8)9(13)14)18(15,16)12-3-1-11-2-4-12/h5,11H,1-4H2,(H,13,14). The summed E-state index contributed by atoms with van der Waals surface area (Å²) in [5, 5.41) is 11.8. The normalized spacial score (nSPS) is 17.8. The maximum Gasteiger partial charge on any atom is 0.371 e. The zero-order valence-corrected chi connectivity index (χ0v) is 11.6. The molecule has 0 amide bonds. The number of halogens is 1. The molecule has 2 N–H and O–H groups in total. The highest BCUT2D eigenvalue weighted by atomic mass is 79.9. The molecule has 0 radical (unpaired) electrons. The number of sulfonamides is 1. The summed E-state index contributed by atoms with van der Waals surface area (Å²) in [6, 6.07) is 1.02. The molecular formula is C9H11BrN2O5S. The predicted octanol–water partition coefficient (Wildman–Crippen LogP) is 0.334. The van der Waals surface area contributed by atoms with Crippen molar-refractivity contribution in [3.05, 3.63) is 16.5 Å². The van der Waals surface area contributed by atoms with Gasteiger partial charge in [-0.25, -0.2) is 13.2 Å². The van der Waals surface area contributed by atoms with E-state index in [0.29, 0.717) is 26.2 Å². The summed E-state index contributed by atoms with van der Waals surface area (Å²) in [4.78, 5) is 10.6. The molecular weight excluding hydrogens is 328 g/mol. The molecule has 9 heteroatoms. The SMILES string of the molecule is O=C(O)c1cc(S(=O)(=O)N2CCNCC2)c(Br)o1. The van der Waals surface area contributed by atoms with E-state index in [1.807, 2.05) is 0 Å². The van der Waals surface area contributed by atoms with Crippen LogP contribution in [0, 0.1) is 0 Å². The van der Waals surface area contributed by atoms with Crippen molar-refractivity contribution < 1.29 is 22.7 Å². The summed E-state index contributed by atoms with van der Waals surface area (Å²) in [6.07, 6.45) is 0. The van der Waals surface area contributed by atoms with E-state index in [4.69, 9.17) is 9.52 Å². The number of nitrogens with one attached hydrogen (secondary N) is 1. The molecule has 1 saturated heterocycles. The van der Waals surface area contributed by atoms with Crippen LogP contribution in [-0.2, 0) is 10.0 Å². The van der Waals surface area contributed by atoms with Crippen molar-refractivity contribution in [2.75, 3.05) is 26.2 Å². The minimum Gasteiger partial charge on any atom is -0.475 e. The molecule has 1 aliphatic rings. The van der Waals surface area contributed by atoms with E-state index in [1.165, 1.54) is 4.31 Å². The second kappa shape index (κ2) is 5.00. The summed E-state index contributed by atoms with van der Waals surface area (Å²) in [6.45, 7) is 1.84. The Morgan fingerprint density at radius 3 is 2.56 bits per heavy atom. The molecule has 0 aromatic carbocycles.